The number of benzene rings is 1. The number of carbonyl (C=O) groups is 2. The van der Waals surface area contributed by atoms with E-state index in [1.807, 2.05) is 26.0 Å². The first-order valence-corrected chi connectivity index (χ1v) is 15.3. The molecule has 1 aromatic heterocycles. The highest BCUT2D eigenvalue weighted by Gasteiger charge is 2.27. The van der Waals surface area contributed by atoms with Crippen LogP contribution in [0.4, 0.5) is 4.39 Å². The minimum absolute atomic E-state index is 0.122. The molecule has 44 heavy (non-hydrogen) atoms. The van der Waals surface area contributed by atoms with Crippen LogP contribution in [0.15, 0.2) is 71.6 Å². The molecule has 2 aromatic rings. The molecule has 0 bridgehead atoms. The van der Waals surface area contributed by atoms with Crippen LogP contribution in [0.3, 0.4) is 0 Å². The second-order valence-electron chi connectivity index (χ2n) is 11.8. The number of nitrogens with one attached hydrogen (secondary N) is 3. The Bertz CT molecular complexity index is 1530. The van der Waals surface area contributed by atoms with E-state index in [4.69, 9.17) is 14.2 Å². The van der Waals surface area contributed by atoms with Crippen molar-refractivity contribution in [2.75, 3.05) is 26.8 Å². The summed E-state index contributed by atoms with van der Waals surface area (Å²) in [6.45, 7) is 8.35. The van der Waals surface area contributed by atoms with Gasteiger partial charge in [0.1, 0.15) is 11.5 Å². The van der Waals surface area contributed by atoms with Crippen LogP contribution in [0.5, 0.6) is 17.2 Å². The first-order valence-electron chi connectivity index (χ1n) is 15.3. The molecule has 2 amide bonds. The number of hydrogen-bond donors (Lipinski definition) is 3. The van der Waals surface area contributed by atoms with Gasteiger partial charge in [-0.1, -0.05) is 32.1 Å². The zero-order valence-electron chi connectivity index (χ0n) is 25.7. The monoisotopic (exact) mass is 604 g/mol. The van der Waals surface area contributed by atoms with Gasteiger partial charge in [-0.15, -0.1) is 0 Å². The molecule has 1 fully saturated rings. The normalized spacial score (nSPS) is 21.3. The lowest BCUT2D eigenvalue weighted by atomic mass is 9.95. The van der Waals surface area contributed by atoms with E-state index in [9.17, 15) is 9.59 Å². The first-order chi connectivity index (χ1) is 21.2. The van der Waals surface area contributed by atoms with Crippen LogP contribution in [-0.2, 0) is 9.59 Å². The highest BCUT2D eigenvalue weighted by Crippen LogP contribution is 2.38. The lowest BCUT2D eigenvalue weighted by Crippen LogP contribution is -2.44. The van der Waals surface area contributed by atoms with Gasteiger partial charge in [-0.25, -0.2) is 4.39 Å². The summed E-state index contributed by atoms with van der Waals surface area (Å²) in [5, 5.41) is 9.32. The molecule has 9 nitrogen and oxygen atoms in total. The Morgan fingerprint density at radius 3 is 2.66 bits per heavy atom. The van der Waals surface area contributed by atoms with E-state index < -0.39 is 17.6 Å². The van der Waals surface area contributed by atoms with Crippen molar-refractivity contribution in [3.63, 3.8) is 0 Å². The standard InChI is InChI=1S/C34H41FN4O5/c1-20-5-7-24(8-6-20)22(3)38-33(40)34(41)39-27-17-26(35)30(15-21(27)2)44-29-11-14-37-28-18-32(31(42-4)16-25(28)29)43-19-23-9-12-36-13-10-23/h5,7-8,11,14,16-18,20-23,36H,6,9-10,12-13,15,19H2,1-4H3,(H,38,40)(H,39,41)/t20?,21?,22-/m0/s1. The molecule has 0 spiro atoms. The molecule has 0 radical (unpaired) electrons. The molecule has 2 heterocycles. The molecule has 1 aliphatic heterocycles. The average Bonchev–Trinajstić information content (AvgIpc) is 3.02. The smallest absolute Gasteiger partial charge is 0.313 e. The number of rotatable bonds is 9. The summed E-state index contributed by atoms with van der Waals surface area (Å²) in [5.41, 5.74) is 1.89. The van der Waals surface area contributed by atoms with Crippen molar-refractivity contribution in [3.8, 4) is 17.2 Å². The lowest BCUT2D eigenvalue weighted by Gasteiger charge is -2.24. The molecule has 1 aromatic carbocycles. The number of nitrogens with zero attached hydrogens (tertiary/aromatic N) is 1. The van der Waals surface area contributed by atoms with Crippen molar-refractivity contribution in [1.82, 2.24) is 20.9 Å². The van der Waals surface area contributed by atoms with Crippen molar-refractivity contribution in [3.05, 3.63) is 71.6 Å². The number of methoxy groups -OCH3 is 1. The Balaban J connectivity index is 1.26. The number of aromatic nitrogens is 1. The Morgan fingerprint density at radius 1 is 1.14 bits per heavy atom. The predicted octanol–water partition coefficient (Wildman–Crippen LogP) is 5.25. The van der Waals surface area contributed by atoms with Crippen molar-refractivity contribution in [2.24, 2.45) is 17.8 Å². The average molecular weight is 605 g/mol. The predicted molar refractivity (Wildman–Crippen MR) is 167 cm³/mol. The van der Waals surface area contributed by atoms with Crippen molar-refractivity contribution >= 4 is 22.7 Å². The SMILES string of the molecule is COc1cc2c(OC3=C(F)C=C(NC(=O)C(=O)N[C@@H](C)C4=CCC(C)C=C4)C(C)C3)ccnc2cc1OCC1CCNCC1. The maximum Gasteiger partial charge on any atom is 0.313 e. The van der Waals surface area contributed by atoms with E-state index in [0.29, 0.717) is 52.3 Å². The third kappa shape index (κ3) is 7.48. The summed E-state index contributed by atoms with van der Waals surface area (Å²) in [6, 6.07) is 4.96. The zero-order chi connectivity index (χ0) is 31.2. The summed E-state index contributed by atoms with van der Waals surface area (Å²) in [7, 11) is 1.58. The molecule has 3 N–H and O–H groups in total. The fraction of sp³-hybridized carbons (Fsp3) is 0.441. The number of allylic oxidation sites excluding steroid dienone is 6. The minimum Gasteiger partial charge on any atom is -0.493 e. The lowest BCUT2D eigenvalue weighted by molar-refractivity contribution is -0.139. The van der Waals surface area contributed by atoms with Gasteiger partial charge in [-0.05, 0) is 74.9 Å². The van der Waals surface area contributed by atoms with E-state index in [1.165, 1.54) is 6.08 Å². The molecular weight excluding hydrogens is 563 g/mol. The van der Waals surface area contributed by atoms with Gasteiger partial charge in [0.15, 0.2) is 17.3 Å². The molecule has 1 saturated heterocycles. The van der Waals surface area contributed by atoms with Gasteiger partial charge in [0.25, 0.3) is 0 Å². The fourth-order valence-electron chi connectivity index (χ4n) is 5.57. The van der Waals surface area contributed by atoms with Crippen LogP contribution in [0, 0.1) is 17.8 Å². The number of carbonyl (C=O) groups excluding carboxylic acids is 2. The summed E-state index contributed by atoms with van der Waals surface area (Å²) >= 11 is 0. The van der Waals surface area contributed by atoms with E-state index in [-0.39, 0.29) is 24.1 Å². The Labute approximate surface area is 257 Å². The van der Waals surface area contributed by atoms with Gasteiger partial charge >= 0.3 is 11.8 Å². The Morgan fingerprint density at radius 2 is 1.93 bits per heavy atom. The summed E-state index contributed by atoms with van der Waals surface area (Å²) in [6.07, 6.45) is 12.1. The summed E-state index contributed by atoms with van der Waals surface area (Å²) in [4.78, 5) is 29.7. The molecule has 3 atom stereocenters. The second kappa shape index (κ2) is 14.1. The van der Waals surface area contributed by atoms with Crippen LogP contribution in [0.1, 0.15) is 46.5 Å². The molecule has 0 saturated carbocycles. The molecule has 2 aliphatic carbocycles. The second-order valence-corrected chi connectivity index (χ2v) is 11.8. The van der Waals surface area contributed by atoms with Crippen LogP contribution < -0.4 is 30.2 Å². The molecule has 5 rings (SSSR count). The first kappa shape index (κ1) is 31.3. The molecule has 2 unspecified atom stereocenters. The maximum absolute atomic E-state index is 15.3. The third-order valence-corrected chi connectivity index (χ3v) is 8.38. The summed E-state index contributed by atoms with van der Waals surface area (Å²) in [5.74, 6) is 0.0577. The number of ether oxygens (including phenoxy) is 3. The Hall–Kier alpha value is -4.18. The minimum atomic E-state index is -0.841. The van der Waals surface area contributed by atoms with E-state index >= 15 is 4.39 Å². The maximum atomic E-state index is 15.3. The largest absolute Gasteiger partial charge is 0.493 e. The highest BCUT2D eigenvalue weighted by atomic mass is 19.1. The molecular formula is C34H41FN4O5. The molecule has 10 heteroatoms. The van der Waals surface area contributed by atoms with E-state index in [2.05, 4.69) is 40.0 Å². The van der Waals surface area contributed by atoms with Crippen LogP contribution >= 0.6 is 0 Å². The number of pyridine rings is 1. The number of fused-ring (bicyclic) bond motifs is 1. The van der Waals surface area contributed by atoms with Crippen molar-refractivity contribution in [1.29, 1.82) is 0 Å². The topological polar surface area (TPSA) is 111 Å². The van der Waals surface area contributed by atoms with Gasteiger partial charge in [0.2, 0.25) is 0 Å². The number of halogens is 1. The van der Waals surface area contributed by atoms with Gasteiger partial charge in [0, 0.05) is 35.7 Å². The molecule has 3 aliphatic rings. The van der Waals surface area contributed by atoms with E-state index in [1.54, 1.807) is 25.4 Å². The van der Waals surface area contributed by atoms with Gasteiger partial charge < -0.3 is 30.2 Å². The number of piperidine rings is 1. The Kier molecular flexibility index (Phi) is 9.99. The van der Waals surface area contributed by atoms with E-state index in [0.717, 1.165) is 37.9 Å². The van der Waals surface area contributed by atoms with Gasteiger partial charge in [-0.2, -0.15) is 0 Å². The van der Waals surface area contributed by atoms with Gasteiger partial charge in [-0.3, -0.25) is 14.6 Å². The fourth-order valence-corrected chi connectivity index (χ4v) is 5.57. The number of hydrogen-bond acceptors (Lipinski definition) is 7. The van der Waals surface area contributed by atoms with Crippen molar-refractivity contribution < 1.29 is 28.2 Å². The zero-order valence-corrected chi connectivity index (χ0v) is 25.7. The van der Waals surface area contributed by atoms with Crippen LogP contribution in [0.25, 0.3) is 10.9 Å². The quantitative estimate of drug-likeness (QED) is 0.336. The van der Waals surface area contributed by atoms with Crippen LogP contribution in [0.2, 0.25) is 0 Å². The third-order valence-electron chi connectivity index (χ3n) is 8.38. The highest BCUT2D eigenvalue weighted by molar-refractivity contribution is 6.35. The number of amides is 2. The van der Waals surface area contributed by atoms with Gasteiger partial charge in [0.05, 0.1) is 25.3 Å². The van der Waals surface area contributed by atoms with Crippen molar-refractivity contribution in [2.45, 2.75) is 52.5 Å². The molecule has 234 valence electrons. The summed E-state index contributed by atoms with van der Waals surface area (Å²) < 4.78 is 33.2. The van der Waals surface area contributed by atoms with Crippen LogP contribution in [-0.4, -0.2) is 49.6 Å².